The van der Waals surface area contributed by atoms with E-state index >= 15 is 0 Å². The molecule has 2 rings (SSSR count). The fourth-order valence-electron chi connectivity index (χ4n) is 11.0. The third-order valence-corrected chi connectivity index (χ3v) is 17.1. The Labute approximate surface area is 494 Å². The van der Waals surface area contributed by atoms with E-state index in [0.29, 0.717) is 30.4 Å². The molecule has 0 radical (unpaired) electrons. The van der Waals surface area contributed by atoms with Crippen molar-refractivity contribution in [3.8, 4) is 0 Å². The van der Waals surface area contributed by atoms with Gasteiger partial charge in [-0.15, -0.1) is 0 Å². The van der Waals surface area contributed by atoms with Crippen LogP contribution in [-0.4, -0.2) is 89.4 Å². The first-order chi connectivity index (χ1) is 38.9. The largest absolute Gasteiger partial charge is 0.462 e. The summed E-state index contributed by atoms with van der Waals surface area (Å²) in [5, 5.41) is 0. The summed E-state index contributed by atoms with van der Waals surface area (Å²) in [5.74, 6) is -0.648. The zero-order chi connectivity index (χ0) is 58.2. The van der Waals surface area contributed by atoms with Crippen molar-refractivity contribution in [3.05, 3.63) is 17.5 Å². The second-order valence-corrected chi connectivity index (χ2v) is 25.1. The summed E-state index contributed by atoms with van der Waals surface area (Å²) < 4.78 is 38.9. The molecule has 464 valence electrons. The summed E-state index contributed by atoms with van der Waals surface area (Å²) in [6.45, 7) is 15.6. The second kappa shape index (κ2) is 49.5. The molecule has 2 heterocycles. The molecule has 0 amide bonds. The Morgan fingerprint density at radius 2 is 0.912 bits per heavy atom. The van der Waals surface area contributed by atoms with E-state index in [2.05, 4.69) is 56.5 Å². The van der Waals surface area contributed by atoms with Crippen molar-refractivity contribution >= 4 is 41.2 Å². The smallest absolute Gasteiger partial charge is 0.310 e. The van der Waals surface area contributed by atoms with Crippen LogP contribution >= 0.6 is 11.7 Å². The normalized spacial score (nSPS) is 15.6. The molecular weight excluding hydrogens is 1020 g/mol. The van der Waals surface area contributed by atoms with Gasteiger partial charge in [0.05, 0.1) is 31.9 Å². The number of carbonyl (C=O) groups excluding carboxylic acids is 4. The first-order valence-corrected chi connectivity index (χ1v) is 34.3. The van der Waals surface area contributed by atoms with E-state index in [1.165, 1.54) is 153 Å². The maximum absolute atomic E-state index is 13.2. The molecule has 0 aliphatic carbocycles. The van der Waals surface area contributed by atoms with E-state index in [1.807, 2.05) is 6.92 Å². The van der Waals surface area contributed by atoms with E-state index in [9.17, 15) is 19.2 Å². The topological polar surface area (TPSA) is 140 Å². The van der Waals surface area contributed by atoms with Crippen LogP contribution < -0.4 is 0 Å². The highest BCUT2D eigenvalue weighted by molar-refractivity contribution is 6.99. The molecule has 0 aromatic carbocycles. The van der Waals surface area contributed by atoms with Gasteiger partial charge in [-0.05, 0) is 31.1 Å². The highest BCUT2D eigenvalue weighted by Crippen LogP contribution is 2.30. The number of hydrogen-bond acceptors (Lipinski definition) is 12. The second-order valence-electron chi connectivity index (χ2n) is 24.6. The Balaban J connectivity index is 1.66. The molecule has 80 heavy (non-hydrogen) atoms. The fraction of sp³-hybridized carbons (Fsp3) is 0.881. The molecule has 1 aliphatic rings. The Kier molecular flexibility index (Phi) is 45.3. The van der Waals surface area contributed by atoms with Gasteiger partial charge in [0.1, 0.15) is 31.1 Å². The van der Waals surface area contributed by atoms with Crippen molar-refractivity contribution in [2.24, 2.45) is 11.8 Å². The molecule has 3 unspecified atom stereocenters. The van der Waals surface area contributed by atoms with E-state index in [4.69, 9.17) is 23.7 Å². The molecule has 0 saturated carbocycles. The third kappa shape index (κ3) is 38.8. The van der Waals surface area contributed by atoms with Gasteiger partial charge in [0.25, 0.3) is 0 Å². The van der Waals surface area contributed by atoms with Gasteiger partial charge in [0.15, 0.2) is 6.10 Å². The number of rotatable bonds is 55. The summed E-state index contributed by atoms with van der Waals surface area (Å²) in [6.07, 6.45) is 47.7. The van der Waals surface area contributed by atoms with Gasteiger partial charge in [-0.2, -0.15) is 8.75 Å². The van der Waals surface area contributed by atoms with Gasteiger partial charge in [-0.1, -0.05) is 259 Å². The van der Waals surface area contributed by atoms with E-state index in [0.717, 1.165) is 139 Å². The van der Waals surface area contributed by atoms with Crippen LogP contribution in [0.5, 0.6) is 0 Å². The van der Waals surface area contributed by atoms with Crippen LogP contribution in [0.25, 0.3) is 5.57 Å². The minimum absolute atomic E-state index is 0.104. The van der Waals surface area contributed by atoms with Gasteiger partial charge in [0.2, 0.25) is 6.23 Å². The maximum Gasteiger partial charge on any atom is 0.310 e. The summed E-state index contributed by atoms with van der Waals surface area (Å²) >= 11 is 1.24. The SMILES string of the molecule is CCCCCCCCCCCCCCCC(=O)OCC(COC(=O)CCCCCCCCCCCCCCC)OC(=O)CC(C)CCCCCCCCC(C)CC(=O)O[C@@H](C)[N+]1(C)CCC=C(c2nsnc2COCCCCC)C1. The van der Waals surface area contributed by atoms with Gasteiger partial charge in [0, 0.05) is 51.2 Å². The van der Waals surface area contributed by atoms with Crippen LogP contribution in [0.2, 0.25) is 0 Å². The lowest BCUT2D eigenvalue weighted by molar-refractivity contribution is -0.944. The third-order valence-electron chi connectivity index (χ3n) is 16.5. The lowest BCUT2D eigenvalue weighted by Gasteiger charge is -2.41. The van der Waals surface area contributed by atoms with Crippen LogP contribution in [0.4, 0.5) is 0 Å². The molecule has 0 fully saturated rings. The predicted octanol–water partition coefficient (Wildman–Crippen LogP) is 18.5. The lowest BCUT2D eigenvalue weighted by Crippen LogP contribution is -2.55. The van der Waals surface area contributed by atoms with Gasteiger partial charge in [-0.25, -0.2) is 0 Å². The highest BCUT2D eigenvalue weighted by atomic mass is 32.1. The molecule has 0 spiro atoms. The molecule has 4 atom stereocenters. The number of nitrogens with zero attached hydrogens (tertiary/aromatic N) is 3. The van der Waals surface area contributed by atoms with Crippen LogP contribution in [0.15, 0.2) is 6.08 Å². The number of aromatic nitrogens is 2. The summed E-state index contributed by atoms with van der Waals surface area (Å²) in [4.78, 5) is 51.9. The fourth-order valence-corrected chi connectivity index (χ4v) is 11.6. The van der Waals surface area contributed by atoms with Crippen LogP contribution in [-0.2, 0) is 49.5 Å². The lowest BCUT2D eigenvalue weighted by atomic mass is 9.97. The predicted molar refractivity (Wildman–Crippen MR) is 330 cm³/mol. The molecule has 1 aliphatic heterocycles. The first-order valence-electron chi connectivity index (χ1n) is 33.5. The number of esters is 4. The number of quaternary nitrogens is 1. The Morgan fingerprint density at radius 3 is 1.36 bits per heavy atom. The van der Waals surface area contributed by atoms with Crippen molar-refractivity contribution in [2.75, 3.05) is 40.0 Å². The number of carbonyl (C=O) groups is 4. The summed E-state index contributed by atoms with van der Waals surface area (Å²) in [5.41, 5.74) is 2.99. The number of unbranched alkanes of at least 4 members (excludes halogenated alkanes) is 31. The number of ether oxygens (including phenoxy) is 5. The monoisotopic (exact) mass is 1140 g/mol. The summed E-state index contributed by atoms with van der Waals surface area (Å²) in [6, 6.07) is 0. The van der Waals surface area contributed by atoms with Crippen molar-refractivity contribution in [1.29, 1.82) is 0 Å². The number of likely N-dealkylation sites (N-methyl/N-ethyl adjacent to an activating group) is 1. The van der Waals surface area contributed by atoms with E-state index in [-0.39, 0.29) is 61.6 Å². The van der Waals surface area contributed by atoms with Crippen LogP contribution in [0.1, 0.15) is 323 Å². The van der Waals surface area contributed by atoms with Crippen molar-refractivity contribution in [2.45, 2.75) is 330 Å². The van der Waals surface area contributed by atoms with Gasteiger partial charge in [-0.3, -0.25) is 23.7 Å². The van der Waals surface area contributed by atoms with Crippen LogP contribution in [0.3, 0.4) is 0 Å². The van der Waals surface area contributed by atoms with Gasteiger partial charge < -0.3 is 23.7 Å². The molecule has 0 bridgehead atoms. The van der Waals surface area contributed by atoms with E-state index in [1.54, 1.807) is 0 Å². The molecule has 0 saturated heterocycles. The van der Waals surface area contributed by atoms with Crippen molar-refractivity contribution in [1.82, 2.24) is 8.75 Å². The standard InChI is InChI=1S/C67H122N3O9S/c1-8-11-14-16-18-20-22-24-26-28-30-36-40-47-63(71)76-54-61(55-77-64(72)48-41-37-31-29-27-25-23-21-19-17-15-12-9-2)79-66(74)52-58(5)45-39-35-33-32-34-38-44-57(4)51-65(73)78-59(6)70(7)49-43-46-60(53-70)67-62(68-80-69-67)56-75-50-42-13-10-3/h46,57-59,61H,8-45,47-56H2,1-7H3/q+1/t57?,58?,59-,70?/m0/s1. The zero-order valence-corrected chi connectivity index (χ0v) is 53.6. The highest BCUT2D eigenvalue weighted by Gasteiger charge is 2.36. The Morgan fingerprint density at radius 1 is 0.512 bits per heavy atom. The molecule has 13 heteroatoms. The van der Waals surface area contributed by atoms with Crippen LogP contribution in [0, 0.1) is 11.8 Å². The van der Waals surface area contributed by atoms with Crippen molar-refractivity contribution in [3.63, 3.8) is 0 Å². The molecular formula is C67H122N3O9S+. The molecule has 1 aromatic heterocycles. The average molecular weight is 1150 g/mol. The average Bonchev–Trinajstić information content (AvgIpc) is 3.98. The Hall–Kier alpha value is -2.90. The first kappa shape index (κ1) is 73.2. The quantitative estimate of drug-likeness (QED) is 0.0266. The zero-order valence-electron chi connectivity index (χ0n) is 52.8. The molecule has 1 aromatic rings. The van der Waals surface area contributed by atoms with Gasteiger partial charge >= 0.3 is 23.9 Å². The maximum atomic E-state index is 13.2. The minimum atomic E-state index is -0.819. The molecule has 0 N–H and O–H groups in total. The van der Waals surface area contributed by atoms with E-state index < -0.39 is 6.10 Å². The molecule has 12 nitrogen and oxygen atoms in total. The summed E-state index contributed by atoms with van der Waals surface area (Å²) in [7, 11) is 2.17. The Bertz CT molecular complexity index is 1680. The van der Waals surface area contributed by atoms with Crippen molar-refractivity contribution < 1.29 is 47.3 Å². The minimum Gasteiger partial charge on any atom is -0.462 e. The number of hydrogen-bond donors (Lipinski definition) is 0.